The van der Waals surface area contributed by atoms with Gasteiger partial charge in [0, 0.05) is 11.1 Å². The van der Waals surface area contributed by atoms with E-state index in [-0.39, 0.29) is 33.5 Å². The maximum absolute atomic E-state index is 13.7. The average molecular weight is 400 g/mol. The summed E-state index contributed by atoms with van der Waals surface area (Å²) >= 11 is 1.12. The van der Waals surface area contributed by atoms with Crippen molar-refractivity contribution in [3.8, 4) is 17.2 Å². The number of nitrogens with zero attached hydrogens (tertiary/aromatic N) is 2. The minimum atomic E-state index is -0.572. The van der Waals surface area contributed by atoms with Gasteiger partial charge in [0.25, 0.3) is 5.22 Å². The summed E-state index contributed by atoms with van der Waals surface area (Å²) in [6.07, 6.45) is 0. The number of aromatic nitrogens is 2. The molecule has 146 valence electrons. The largest absolute Gasteiger partial charge is 0.494 e. The van der Waals surface area contributed by atoms with Crippen LogP contribution in [0.5, 0.6) is 5.75 Å². The van der Waals surface area contributed by atoms with Gasteiger partial charge in [0.15, 0.2) is 17.3 Å². The Bertz CT molecular complexity index is 978. The van der Waals surface area contributed by atoms with Gasteiger partial charge < -0.3 is 9.15 Å². The van der Waals surface area contributed by atoms with Crippen LogP contribution in [0, 0.1) is 5.82 Å². The van der Waals surface area contributed by atoms with Crippen LogP contribution >= 0.6 is 11.8 Å². The van der Waals surface area contributed by atoms with Gasteiger partial charge in [0.1, 0.15) is 0 Å². The molecule has 0 aliphatic heterocycles. The molecular weight excluding hydrogens is 379 g/mol. The van der Waals surface area contributed by atoms with Gasteiger partial charge in [0.05, 0.1) is 12.9 Å². The molecule has 0 bridgehead atoms. The monoisotopic (exact) mass is 400 g/mol. The van der Waals surface area contributed by atoms with E-state index in [0.717, 1.165) is 23.4 Å². The Labute approximate surface area is 167 Å². The fourth-order valence-electron chi connectivity index (χ4n) is 2.55. The normalized spacial score (nSPS) is 11.5. The van der Waals surface area contributed by atoms with E-state index in [2.05, 4.69) is 31.0 Å². The lowest BCUT2D eigenvalue weighted by Gasteiger charge is -2.18. The number of thioether (sulfide) groups is 1. The van der Waals surface area contributed by atoms with Gasteiger partial charge in [-0.2, -0.15) is 0 Å². The summed E-state index contributed by atoms with van der Waals surface area (Å²) in [5, 5.41) is 8.30. The standard InChI is InChI=1S/C21H21FN2O3S/c1-21(2,3)15-8-5-13(6-9-15)19-23-24-20(27-19)28-12-17(25)14-7-10-18(26-4)16(22)11-14/h5-11H,12H2,1-4H3. The molecule has 3 rings (SSSR count). The van der Waals surface area contributed by atoms with Crippen molar-refractivity contribution in [2.45, 2.75) is 31.4 Å². The number of methoxy groups -OCH3 is 1. The quantitative estimate of drug-likeness (QED) is 0.421. The molecule has 0 amide bonds. The molecule has 0 fully saturated rings. The molecule has 3 aromatic rings. The summed E-state index contributed by atoms with van der Waals surface area (Å²) < 4.78 is 24.2. The van der Waals surface area contributed by atoms with Gasteiger partial charge >= 0.3 is 0 Å². The molecule has 2 aromatic carbocycles. The molecular formula is C21H21FN2O3S. The van der Waals surface area contributed by atoms with E-state index in [1.807, 2.05) is 24.3 Å². The van der Waals surface area contributed by atoms with Crippen LogP contribution in [0.25, 0.3) is 11.5 Å². The maximum Gasteiger partial charge on any atom is 0.277 e. The zero-order valence-corrected chi connectivity index (χ0v) is 17.0. The van der Waals surface area contributed by atoms with Crippen molar-refractivity contribution in [2.24, 2.45) is 0 Å². The van der Waals surface area contributed by atoms with Crippen molar-refractivity contribution in [2.75, 3.05) is 12.9 Å². The zero-order valence-electron chi connectivity index (χ0n) is 16.2. The molecule has 0 aliphatic carbocycles. The SMILES string of the molecule is COc1ccc(C(=O)CSc2nnc(-c3ccc(C(C)(C)C)cc3)o2)cc1F. The number of carbonyl (C=O) groups excluding carboxylic acids is 1. The maximum atomic E-state index is 13.7. The van der Waals surface area contributed by atoms with Crippen LogP contribution in [0.3, 0.4) is 0 Å². The Kier molecular flexibility index (Phi) is 5.84. The molecule has 0 saturated carbocycles. The van der Waals surface area contributed by atoms with Crippen LogP contribution < -0.4 is 4.74 Å². The first-order chi connectivity index (χ1) is 13.3. The molecule has 7 heteroatoms. The molecule has 28 heavy (non-hydrogen) atoms. The van der Waals surface area contributed by atoms with Gasteiger partial charge in [-0.05, 0) is 41.3 Å². The Morgan fingerprint density at radius 3 is 2.46 bits per heavy atom. The summed E-state index contributed by atoms with van der Waals surface area (Å²) in [7, 11) is 1.37. The van der Waals surface area contributed by atoms with Crippen molar-refractivity contribution >= 4 is 17.5 Å². The van der Waals surface area contributed by atoms with E-state index in [4.69, 9.17) is 9.15 Å². The van der Waals surface area contributed by atoms with Crippen molar-refractivity contribution in [3.63, 3.8) is 0 Å². The molecule has 1 heterocycles. The number of carbonyl (C=O) groups is 1. The second kappa shape index (κ2) is 8.14. The lowest BCUT2D eigenvalue weighted by atomic mass is 9.87. The minimum Gasteiger partial charge on any atom is -0.494 e. The number of halogens is 1. The number of benzene rings is 2. The Morgan fingerprint density at radius 1 is 1.14 bits per heavy atom. The third-order valence-electron chi connectivity index (χ3n) is 4.20. The Hall–Kier alpha value is -2.67. The highest BCUT2D eigenvalue weighted by Crippen LogP contribution is 2.27. The number of hydrogen-bond donors (Lipinski definition) is 0. The summed E-state index contributed by atoms with van der Waals surface area (Å²) in [5.41, 5.74) is 2.36. The first-order valence-electron chi connectivity index (χ1n) is 8.72. The van der Waals surface area contributed by atoms with Crippen molar-refractivity contribution < 1.29 is 18.3 Å². The predicted molar refractivity (Wildman–Crippen MR) is 106 cm³/mol. The molecule has 0 unspecified atom stereocenters. The fraction of sp³-hybridized carbons (Fsp3) is 0.286. The second-order valence-electron chi connectivity index (χ2n) is 7.26. The molecule has 1 aromatic heterocycles. The number of Topliss-reactive ketones (excluding diaryl/α,β-unsaturated/α-hetero) is 1. The van der Waals surface area contributed by atoms with Crippen LogP contribution in [-0.2, 0) is 5.41 Å². The van der Waals surface area contributed by atoms with Crippen LogP contribution in [0.15, 0.2) is 52.1 Å². The van der Waals surface area contributed by atoms with Crippen molar-refractivity contribution in [1.82, 2.24) is 10.2 Å². The third-order valence-corrected chi connectivity index (χ3v) is 5.02. The molecule has 0 spiro atoms. The number of ether oxygens (including phenoxy) is 1. The zero-order chi connectivity index (χ0) is 20.3. The Balaban J connectivity index is 1.65. The predicted octanol–water partition coefficient (Wildman–Crippen LogP) is 5.16. The first kappa shape index (κ1) is 20.1. The molecule has 5 nitrogen and oxygen atoms in total. The summed E-state index contributed by atoms with van der Waals surface area (Å²) in [4.78, 5) is 12.3. The van der Waals surface area contributed by atoms with Crippen LogP contribution in [-0.4, -0.2) is 28.8 Å². The third kappa shape index (κ3) is 4.59. The number of hydrogen-bond acceptors (Lipinski definition) is 6. The van der Waals surface area contributed by atoms with Crippen LogP contribution in [0.1, 0.15) is 36.7 Å². The van der Waals surface area contributed by atoms with E-state index in [9.17, 15) is 9.18 Å². The Morgan fingerprint density at radius 2 is 1.86 bits per heavy atom. The lowest BCUT2D eigenvalue weighted by Crippen LogP contribution is -2.10. The van der Waals surface area contributed by atoms with E-state index >= 15 is 0 Å². The van der Waals surface area contributed by atoms with Gasteiger partial charge in [-0.25, -0.2) is 4.39 Å². The minimum absolute atomic E-state index is 0.0652. The van der Waals surface area contributed by atoms with E-state index in [0.29, 0.717) is 5.89 Å². The topological polar surface area (TPSA) is 65.2 Å². The van der Waals surface area contributed by atoms with E-state index < -0.39 is 5.82 Å². The second-order valence-corrected chi connectivity index (χ2v) is 8.19. The average Bonchev–Trinajstić information content (AvgIpc) is 3.14. The number of ketones is 1. The van der Waals surface area contributed by atoms with Crippen LogP contribution in [0.2, 0.25) is 0 Å². The van der Waals surface area contributed by atoms with Crippen molar-refractivity contribution in [3.05, 3.63) is 59.4 Å². The summed E-state index contributed by atoms with van der Waals surface area (Å²) in [6, 6.07) is 12.1. The molecule has 0 N–H and O–H groups in total. The molecule has 0 atom stereocenters. The highest BCUT2D eigenvalue weighted by atomic mass is 32.2. The van der Waals surface area contributed by atoms with Crippen LogP contribution in [0.4, 0.5) is 4.39 Å². The first-order valence-corrected chi connectivity index (χ1v) is 9.70. The van der Waals surface area contributed by atoms with Gasteiger partial charge in [-0.1, -0.05) is 44.7 Å². The van der Waals surface area contributed by atoms with E-state index in [1.54, 1.807) is 0 Å². The molecule has 0 radical (unpaired) electrons. The molecule has 0 saturated heterocycles. The van der Waals surface area contributed by atoms with Gasteiger partial charge in [0.2, 0.25) is 5.89 Å². The molecule has 0 aliphatic rings. The van der Waals surface area contributed by atoms with Gasteiger partial charge in [-0.3, -0.25) is 4.79 Å². The highest BCUT2D eigenvalue weighted by Gasteiger charge is 2.16. The fourth-order valence-corrected chi connectivity index (χ4v) is 3.21. The van der Waals surface area contributed by atoms with Gasteiger partial charge in [-0.15, -0.1) is 10.2 Å². The van der Waals surface area contributed by atoms with Crippen molar-refractivity contribution in [1.29, 1.82) is 0 Å². The number of rotatable bonds is 6. The summed E-state index contributed by atoms with van der Waals surface area (Å²) in [6.45, 7) is 6.44. The smallest absolute Gasteiger partial charge is 0.277 e. The lowest BCUT2D eigenvalue weighted by molar-refractivity contribution is 0.102. The highest BCUT2D eigenvalue weighted by molar-refractivity contribution is 7.99. The summed E-state index contributed by atoms with van der Waals surface area (Å²) in [5.74, 6) is -0.247. The van der Waals surface area contributed by atoms with E-state index in [1.165, 1.54) is 24.8 Å².